The molecule has 0 aromatic rings. The van der Waals surface area contributed by atoms with Crippen molar-refractivity contribution in [2.75, 3.05) is 19.8 Å². The van der Waals surface area contributed by atoms with Crippen molar-refractivity contribution in [1.29, 1.82) is 0 Å². The quantitative estimate of drug-likeness (QED) is 0.472. The molecule has 1 rings (SSSR count). The van der Waals surface area contributed by atoms with Gasteiger partial charge in [0.05, 0.1) is 13.2 Å². The Morgan fingerprint density at radius 1 is 1.85 bits per heavy atom. The van der Waals surface area contributed by atoms with Gasteiger partial charge in [-0.3, -0.25) is 9.32 Å². The van der Waals surface area contributed by atoms with E-state index in [-0.39, 0.29) is 6.54 Å². The lowest BCUT2D eigenvalue weighted by molar-refractivity contribution is -0.136. The molecule has 1 heterocycles. The number of hydrogen-bond acceptors (Lipinski definition) is 4. The molecule has 0 aliphatic carbocycles. The van der Waals surface area contributed by atoms with E-state index in [4.69, 9.17) is 10.6 Å². The van der Waals surface area contributed by atoms with Gasteiger partial charge in [-0.05, 0) is 0 Å². The summed E-state index contributed by atoms with van der Waals surface area (Å²) in [4.78, 5) is 19.9. The minimum atomic E-state index is -4.14. The van der Waals surface area contributed by atoms with Gasteiger partial charge in [0.1, 0.15) is 12.7 Å². The summed E-state index contributed by atoms with van der Waals surface area (Å²) in [5.41, 5.74) is 5.18. The minimum Gasteiger partial charge on any atom is -0.318 e. The normalized spacial score (nSPS) is 26.8. The average molecular weight is 212 g/mol. The Labute approximate surface area is 74.0 Å². The lowest BCUT2D eigenvalue weighted by Gasteiger charge is -2.37. The largest absolute Gasteiger partial charge is 0.435 e. The van der Waals surface area contributed by atoms with E-state index in [9.17, 15) is 13.8 Å². The molecule has 2 unspecified atom stereocenters. The van der Waals surface area contributed by atoms with Crippen LogP contribution in [-0.2, 0) is 13.9 Å². The van der Waals surface area contributed by atoms with Crippen LogP contribution in [0.2, 0.25) is 0 Å². The summed E-state index contributed by atoms with van der Waals surface area (Å²) in [5, 5.41) is 0. The lowest BCUT2D eigenvalue weighted by atomic mass is 10.2. The van der Waals surface area contributed by atoms with Crippen LogP contribution in [0.1, 0.15) is 0 Å². The van der Waals surface area contributed by atoms with E-state index in [1.165, 1.54) is 0 Å². The fraction of sp³-hybridized carbons (Fsp3) is 0.800. The van der Waals surface area contributed by atoms with E-state index in [0.717, 1.165) is 0 Å². The zero-order valence-corrected chi connectivity index (χ0v) is 7.61. The van der Waals surface area contributed by atoms with Crippen molar-refractivity contribution in [3.8, 4) is 0 Å². The number of halogens is 1. The van der Waals surface area contributed by atoms with Crippen molar-refractivity contribution < 1.29 is 23.2 Å². The van der Waals surface area contributed by atoms with Crippen LogP contribution in [0.4, 0.5) is 4.39 Å². The molecule has 2 atom stereocenters. The number of carbonyl (C=O) groups is 1. The first-order valence-electron chi connectivity index (χ1n) is 3.60. The Balaban J connectivity index is 2.51. The molecule has 0 aromatic heterocycles. The van der Waals surface area contributed by atoms with E-state index in [2.05, 4.69) is 4.52 Å². The summed E-state index contributed by atoms with van der Waals surface area (Å²) in [7, 11) is -4.14. The number of nitrogens with zero attached hydrogens (tertiary/aromatic N) is 1. The topological polar surface area (TPSA) is 92.9 Å². The van der Waals surface area contributed by atoms with Crippen LogP contribution in [0.25, 0.3) is 0 Å². The highest BCUT2D eigenvalue weighted by Crippen LogP contribution is 2.49. The van der Waals surface area contributed by atoms with E-state index >= 15 is 0 Å². The van der Waals surface area contributed by atoms with E-state index < -0.39 is 33.0 Å². The van der Waals surface area contributed by atoms with E-state index in [1.807, 2.05) is 0 Å². The summed E-state index contributed by atoms with van der Waals surface area (Å²) in [6, 6.07) is -0.741. The molecule has 76 valence electrons. The van der Waals surface area contributed by atoms with Crippen molar-refractivity contribution in [3.63, 3.8) is 0 Å². The number of β-lactam (4-membered cyclic amide) rings is 1. The number of rotatable bonds is 4. The molecule has 0 aromatic carbocycles. The third-order valence-electron chi connectivity index (χ3n) is 1.58. The Kier molecular flexibility index (Phi) is 3.02. The Hall–Kier alpha value is -0.490. The van der Waals surface area contributed by atoms with Gasteiger partial charge in [0, 0.05) is 0 Å². The second kappa shape index (κ2) is 3.71. The second-order valence-corrected chi connectivity index (χ2v) is 4.26. The zero-order chi connectivity index (χ0) is 10.1. The fourth-order valence-corrected chi connectivity index (χ4v) is 2.11. The van der Waals surface area contributed by atoms with E-state index in [0.29, 0.717) is 4.67 Å². The maximum absolute atomic E-state index is 11.6. The van der Waals surface area contributed by atoms with E-state index in [1.54, 1.807) is 0 Å². The maximum atomic E-state index is 11.6. The van der Waals surface area contributed by atoms with Crippen LogP contribution in [-0.4, -0.2) is 41.3 Å². The summed E-state index contributed by atoms with van der Waals surface area (Å²) in [6.07, 6.45) is 0. The number of hydrogen-bond donors (Lipinski definition) is 2. The molecule has 1 fully saturated rings. The van der Waals surface area contributed by atoms with Gasteiger partial charge in [-0.15, -0.1) is 0 Å². The molecule has 8 heteroatoms. The molecule has 1 aliphatic heterocycles. The molecule has 3 N–H and O–H groups in total. The zero-order valence-electron chi connectivity index (χ0n) is 6.72. The van der Waals surface area contributed by atoms with Crippen molar-refractivity contribution in [1.82, 2.24) is 4.67 Å². The van der Waals surface area contributed by atoms with Crippen LogP contribution in [0, 0.1) is 0 Å². The third kappa shape index (κ3) is 2.05. The summed E-state index contributed by atoms with van der Waals surface area (Å²) in [6.45, 7) is -1.41. The van der Waals surface area contributed by atoms with Gasteiger partial charge in [-0.2, -0.15) is 0 Å². The predicted octanol–water partition coefficient (Wildman–Crippen LogP) is -0.758. The van der Waals surface area contributed by atoms with Gasteiger partial charge in [0.2, 0.25) is 5.91 Å². The van der Waals surface area contributed by atoms with Crippen molar-refractivity contribution in [2.24, 2.45) is 5.73 Å². The minimum absolute atomic E-state index is 0.0289. The smallest absolute Gasteiger partial charge is 0.318 e. The van der Waals surface area contributed by atoms with Crippen molar-refractivity contribution in [2.45, 2.75) is 6.04 Å². The first kappa shape index (κ1) is 10.6. The van der Waals surface area contributed by atoms with Gasteiger partial charge in [0.15, 0.2) is 0 Å². The first-order chi connectivity index (χ1) is 5.99. The average Bonchev–Trinajstić information content (AvgIpc) is 2.10. The highest BCUT2D eigenvalue weighted by molar-refractivity contribution is 7.51. The molecule has 0 radical (unpaired) electrons. The van der Waals surface area contributed by atoms with Crippen LogP contribution >= 0.6 is 7.75 Å². The highest BCUT2D eigenvalue weighted by atomic mass is 31.2. The van der Waals surface area contributed by atoms with Gasteiger partial charge in [-0.25, -0.2) is 13.6 Å². The lowest BCUT2D eigenvalue weighted by Crippen LogP contribution is -2.59. The number of alkyl halides is 1. The monoisotopic (exact) mass is 212 g/mol. The SMILES string of the molecule is NC1CN(P(=O)(O)OCCF)C1=O. The standard InChI is InChI=1S/C5H10FN2O4P/c6-1-2-12-13(10,11)8-3-4(7)5(8)9/h4H,1-3,7H2,(H,10,11). The maximum Gasteiger partial charge on any atom is 0.435 e. The Morgan fingerprint density at radius 2 is 2.46 bits per heavy atom. The molecule has 1 amide bonds. The molecule has 1 saturated heterocycles. The number of carbonyl (C=O) groups excluding carboxylic acids is 1. The van der Waals surface area contributed by atoms with Crippen molar-refractivity contribution >= 4 is 13.7 Å². The summed E-state index contributed by atoms with van der Waals surface area (Å²) < 4.78 is 27.6. The third-order valence-corrected chi connectivity index (χ3v) is 3.07. The number of nitrogens with two attached hydrogens (primary N) is 1. The predicted molar refractivity (Wildman–Crippen MR) is 41.4 cm³/mol. The molecular formula is C5H10FN2O4P. The summed E-state index contributed by atoms with van der Waals surface area (Å²) in [5.74, 6) is -0.648. The van der Waals surface area contributed by atoms with Gasteiger partial charge >= 0.3 is 7.75 Å². The highest BCUT2D eigenvalue weighted by Gasteiger charge is 2.45. The molecular weight excluding hydrogens is 202 g/mol. The Bertz CT molecular complexity index is 261. The number of amides is 1. The molecule has 13 heavy (non-hydrogen) atoms. The first-order valence-corrected chi connectivity index (χ1v) is 5.13. The van der Waals surface area contributed by atoms with Gasteiger partial charge in [0.25, 0.3) is 0 Å². The summed E-state index contributed by atoms with van der Waals surface area (Å²) >= 11 is 0. The van der Waals surface area contributed by atoms with Crippen LogP contribution in [0.15, 0.2) is 0 Å². The fourth-order valence-electron chi connectivity index (χ4n) is 0.884. The van der Waals surface area contributed by atoms with Crippen LogP contribution in [0.5, 0.6) is 0 Å². The van der Waals surface area contributed by atoms with Crippen LogP contribution in [0.3, 0.4) is 0 Å². The van der Waals surface area contributed by atoms with Gasteiger partial charge < -0.3 is 10.6 Å². The molecule has 0 spiro atoms. The van der Waals surface area contributed by atoms with Gasteiger partial charge in [-0.1, -0.05) is 0 Å². The molecule has 0 bridgehead atoms. The molecule has 1 aliphatic rings. The molecule has 0 saturated carbocycles. The van der Waals surface area contributed by atoms with Crippen molar-refractivity contribution in [3.05, 3.63) is 0 Å². The molecule has 6 nitrogen and oxygen atoms in total. The Morgan fingerprint density at radius 3 is 2.85 bits per heavy atom. The van der Waals surface area contributed by atoms with Crippen LogP contribution < -0.4 is 5.73 Å². The second-order valence-electron chi connectivity index (χ2n) is 2.54.